The summed E-state index contributed by atoms with van der Waals surface area (Å²) in [6.07, 6.45) is 2.41. The van der Waals surface area contributed by atoms with Crippen LogP contribution in [0, 0.1) is 5.92 Å². The standard InChI is InChI=1S/C11H23NO2/c1-5-6-7-11(4,14)10(13)12-8-9(2)3/h9,14H,5-8H2,1-4H3,(H,12,13). The number of carbonyl (C=O) groups is 1. The number of rotatable bonds is 6. The molecule has 0 saturated heterocycles. The van der Waals surface area contributed by atoms with Crippen molar-refractivity contribution >= 4 is 5.91 Å². The number of unbranched alkanes of at least 4 members (excludes halogenated alkanes) is 1. The number of nitrogens with one attached hydrogen (secondary N) is 1. The minimum atomic E-state index is -1.20. The molecule has 0 aliphatic heterocycles. The number of hydrogen-bond acceptors (Lipinski definition) is 2. The van der Waals surface area contributed by atoms with Crippen LogP contribution in [0.4, 0.5) is 0 Å². The van der Waals surface area contributed by atoms with Crippen LogP contribution in [0.3, 0.4) is 0 Å². The maximum atomic E-state index is 11.5. The van der Waals surface area contributed by atoms with Crippen molar-refractivity contribution in [1.82, 2.24) is 5.32 Å². The highest BCUT2D eigenvalue weighted by Gasteiger charge is 2.28. The molecule has 0 aliphatic carbocycles. The zero-order valence-electron chi connectivity index (χ0n) is 9.76. The second-order valence-corrected chi connectivity index (χ2v) is 4.48. The lowest BCUT2D eigenvalue weighted by molar-refractivity contribution is -0.138. The van der Waals surface area contributed by atoms with Gasteiger partial charge >= 0.3 is 0 Å². The van der Waals surface area contributed by atoms with Crippen molar-refractivity contribution < 1.29 is 9.90 Å². The molecule has 0 heterocycles. The first-order valence-electron chi connectivity index (χ1n) is 5.40. The summed E-state index contributed by atoms with van der Waals surface area (Å²) in [7, 11) is 0. The van der Waals surface area contributed by atoms with Gasteiger partial charge in [0, 0.05) is 6.54 Å². The number of hydrogen-bond donors (Lipinski definition) is 2. The molecule has 84 valence electrons. The Morgan fingerprint density at radius 1 is 1.50 bits per heavy atom. The number of carbonyl (C=O) groups excluding carboxylic acids is 1. The van der Waals surface area contributed by atoms with E-state index in [4.69, 9.17) is 0 Å². The van der Waals surface area contributed by atoms with Crippen molar-refractivity contribution in [2.75, 3.05) is 6.54 Å². The largest absolute Gasteiger partial charge is 0.380 e. The molecule has 0 fully saturated rings. The van der Waals surface area contributed by atoms with Crippen LogP contribution in [0.2, 0.25) is 0 Å². The minimum Gasteiger partial charge on any atom is -0.380 e. The molecule has 1 unspecified atom stereocenters. The van der Waals surface area contributed by atoms with Crippen LogP contribution in [0.5, 0.6) is 0 Å². The van der Waals surface area contributed by atoms with Crippen LogP contribution >= 0.6 is 0 Å². The average Bonchev–Trinajstić information content (AvgIpc) is 2.10. The summed E-state index contributed by atoms with van der Waals surface area (Å²) >= 11 is 0. The van der Waals surface area contributed by atoms with E-state index in [1.807, 2.05) is 20.8 Å². The van der Waals surface area contributed by atoms with E-state index in [9.17, 15) is 9.90 Å². The Morgan fingerprint density at radius 2 is 2.07 bits per heavy atom. The molecule has 0 saturated carbocycles. The van der Waals surface area contributed by atoms with Gasteiger partial charge in [-0.3, -0.25) is 4.79 Å². The van der Waals surface area contributed by atoms with Crippen LogP contribution in [-0.2, 0) is 4.79 Å². The van der Waals surface area contributed by atoms with E-state index < -0.39 is 5.60 Å². The number of aliphatic hydroxyl groups is 1. The van der Waals surface area contributed by atoms with Crippen molar-refractivity contribution in [3.8, 4) is 0 Å². The van der Waals surface area contributed by atoms with Gasteiger partial charge in [0.2, 0.25) is 0 Å². The lowest BCUT2D eigenvalue weighted by Crippen LogP contribution is -2.45. The van der Waals surface area contributed by atoms with Crippen molar-refractivity contribution in [2.45, 2.75) is 52.6 Å². The summed E-state index contributed by atoms with van der Waals surface area (Å²) in [5, 5.41) is 12.6. The van der Waals surface area contributed by atoms with Gasteiger partial charge in [-0.1, -0.05) is 33.6 Å². The molecule has 3 heteroatoms. The molecule has 0 aromatic carbocycles. The first kappa shape index (κ1) is 13.4. The summed E-state index contributed by atoms with van der Waals surface area (Å²) in [6, 6.07) is 0. The highest BCUT2D eigenvalue weighted by atomic mass is 16.3. The number of amides is 1. The summed E-state index contributed by atoms with van der Waals surface area (Å²) < 4.78 is 0. The third kappa shape index (κ3) is 5.22. The SMILES string of the molecule is CCCCC(C)(O)C(=O)NCC(C)C. The van der Waals surface area contributed by atoms with E-state index in [1.54, 1.807) is 6.92 Å². The molecule has 0 aromatic rings. The van der Waals surface area contributed by atoms with E-state index in [2.05, 4.69) is 5.32 Å². The summed E-state index contributed by atoms with van der Waals surface area (Å²) in [5.41, 5.74) is -1.20. The Morgan fingerprint density at radius 3 is 2.50 bits per heavy atom. The molecule has 0 bridgehead atoms. The zero-order chi connectivity index (χ0) is 11.2. The van der Waals surface area contributed by atoms with Gasteiger partial charge in [0.25, 0.3) is 5.91 Å². The molecular weight excluding hydrogens is 178 g/mol. The Labute approximate surface area is 86.9 Å². The Bertz CT molecular complexity index is 176. The van der Waals surface area contributed by atoms with Gasteiger partial charge in [-0.15, -0.1) is 0 Å². The van der Waals surface area contributed by atoms with Crippen LogP contribution in [-0.4, -0.2) is 23.2 Å². The summed E-state index contributed by atoms with van der Waals surface area (Å²) in [4.78, 5) is 11.5. The Kier molecular flexibility index (Phi) is 5.77. The molecule has 0 aliphatic rings. The molecule has 2 N–H and O–H groups in total. The normalized spacial score (nSPS) is 15.3. The maximum Gasteiger partial charge on any atom is 0.251 e. The van der Waals surface area contributed by atoms with Gasteiger partial charge in [-0.2, -0.15) is 0 Å². The third-order valence-electron chi connectivity index (χ3n) is 2.18. The molecule has 0 aromatic heterocycles. The second kappa shape index (κ2) is 6.02. The lowest BCUT2D eigenvalue weighted by Gasteiger charge is -2.22. The van der Waals surface area contributed by atoms with Crippen LogP contribution < -0.4 is 5.32 Å². The fourth-order valence-electron chi connectivity index (χ4n) is 1.12. The predicted molar refractivity (Wildman–Crippen MR) is 58.0 cm³/mol. The Hall–Kier alpha value is -0.570. The molecule has 0 rings (SSSR count). The van der Waals surface area contributed by atoms with E-state index in [-0.39, 0.29) is 5.91 Å². The summed E-state index contributed by atoms with van der Waals surface area (Å²) in [6.45, 7) is 8.31. The highest BCUT2D eigenvalue weighted by molar-refractivity contribution is 5.84. The zero-order valence-corrected chi connectivity index (χ0v) is 9.76. The fraction of sp³-hybridized carbons (Fsp3) is 0.909. The summed E-state index contributed by atoms with van der Waals surface area (Å²) in [5.74, 6) is 0.167. The van der Waals surface area contributed by atoms with Crippen molar-refractivity contribution in [3.05, 3.63) is 0 Å². The lowest BCUT2D eigenvalue weighted by atomic mass is 9.98. The molecule has 14 heavy (non-hydrogen) atoms. The topological polar surface area (TPSA) is 49.3 Å². The third-order valence-corrected chi connectivity index (χ3v) is 2.18. The fourth-order valence-corrected chi connectivity index (χ4v) is 1.12. The Balaban J connectivity index is 3.94. The van der Waals surface area contributed by atoms with Crippen LogP contribution in [0.15, 0.2) is 0 Å². The second-order valence-electron chi connectivity index (χ2n) is 4.48. The van der Waals surface area contributed by atoms with Gasteiger partial charge in [0.1, 0.15) is 5.60 Å². The highest BCUT2D eigenvalue weighted by Crippen LogP contribution is 2.13. The first-order valence-corrected chi connectivity index (χ1v) is 5.40. The van der Waals surface area contributed by atoms with Crippen LogP contribution in [0.1, 0.15) is 47.0 Å². The monoisotopic (exact) mass is 201 g/mol. The van der Waals surface area contributed by atoms with Gasteiger partial charge in [-0.25, -0.2) is 0 Å². The van der Waals surface area contributed by atoms with E-state index in [0.29, 0.717) is 18.9 Å². The quantitative estimate of drug-likeness (QED) is 0.687. The average molecular weight is 201 g/mol. The molecule has 1 atom stereocenters. The van der Waals surface area contributed by atoms with Gasteiger partial charge in [-0.05, 0) is 19.3 Å². The molecule has 1 amide bonds. The minimum absolute atomic E-state index is 0.250. The van der Waals surface area contributed by atoms with Gasteiger partial charge in [0.05, 0.1) is 0 Å². The molecule has 0 radical (unpaired) electrons. The molecule has 3 nitrogen and oxygen atoms in total. The van der Waals surface area contributed by atoms with Crippen molar-refractivity contribution in [1.29, 1.82) is 0 Å². The van der Waals surface area contributed by atoms with Crippen molar-refractivity contribution in [3.63, 3.8) is 0 Å². The molecule has 0 spiro atoms. The smallest absolute Gasteiger partial charge is 0.251 e. The van der Waals surface area contributed by atoms with E-state index >= 15 is 0 Å². The first-order chi connectivity index (χ1) is 6.40. The maximum absolute atomic E-state index is 11.5. The van der Waals surface area contributed by atoms with E-state index in [1.165, 1.54) is 0 Å². The van der Waals surface area contributed by atoms with Crippen LogP contribution in [0.25, 0.3) is 0 Å². The van der Waals surface area contributed by atoms with Crippen molar-refractivity contribution in [2.24, 2.45) is 5.92 Å². The predicted octanol–water partition coefficient (Wildman–Crippen LogP) is 1.70. The van der Waals surface area contributed by atoms with Gasteiger partial charge in [0.15, 0.2) is 0 Å². The molecular formula is C11H23NO2. The van der Waals surface area contributed by atoms with Gasteiger partial charge < -0.3 is 10.4 Å². The van der Waals surface area contributed by atoms with E-state index in [0.717, 1.165) is 12.8 Å².